The first kappa shape index (κ1) is 13.8. The van der Waals surface area contributed by atoms with Gasteiger partial charge >= 0.3 is 0 Å². The molecule has 1 aliphatic rings. The van der Waals surface area contributed by atoms with E-state index in [1.165, 1.54) is 0 Å². The van der Waals surface area contributed by atoms with Gasteiger partial charge in [0.15, 0.2) is 5.82 Å². The average molecular weight is 285 g/mol. The Morgan fingerprint density at radius 2 is 2.19 bits per heavy atom. The van der Waals surface area contributed by atoms with Gasteiger partial charge in [-0.15, -0.1) is 10.2 Å². The molecule has 1 aromatic heterocycles. The summed E-state index contributed by atoms with van der Waals surface area (Å²) in [4.78, 5) is 12.2. The molecule has 0 saturated carbocycles. The van der Waals surface area contributed by atoms with Crippen molar-refractivity contribution < 1.29 is 4.79 Å². The molecule has 1 amide bonds. The highest BCUT2D eigenvalue weighted by Crippen LogP contribution is 2.20. The number of anilines is 1. The first-order valence-corrected chi connectivity index (χ1v) is 7.20. The minimum absolute atomic E-state index is 0.0668. The van der Waals surface area contributed by atoms with E-state index in [1.54, 1.807) is 6.33 Å². The van der Waals surface area contributed by atoms with E-state index >= 15 is 0 Å². The van der Waals surface area contributed by atoms with E-state index in [2.05, 4.69) is 20.8 Å². The van der Waals surface area contributed by atoms with Gasteiger partial charge in [0.2, 0.25) is 5.91 Å². The summed E-state index contributed by atoms with van der Waals surface area (Å²) in [5.41, 5.74) is 1.80. The summed E-state index contributed by atoms with van der Waals surface area (Å²) in [5.74, 6) is 0.968. The van der Waals surface area contributed by atoms with E-state index in [-0.39, 0.29) is 11.8 Å². The predicted octanol–water partition coefficient (Wildman–Crippen LogP) is 1.42. The first-order chi connectivity index (χ1) is 10.2. The van der Waals surface area contributed by atoms with Gasteiger partial charge in [-0.05, 0) is 43.7 Å². The van der Waals surface area contributed by atoms with Gasteiger partial charge in [-0.3, -0.25) is 4.79 Å². The molecule has 1 aliphatic heterocycles. The van der Waals surface area contributed by atoms with Crippen LogP contribution in [0.15, 0.2) is 30.6 Å². The zero-order valence-corrected chi connectivity index (χ0v) is 12.0. The lowest BCUT2D eigenvalue weighted by atomic mass is 9.99. The van der Waals surface area contributed by atoms with Crippen LogP contribution in [0.4, 0.5) is 5.69 Å². The van der Waals surface area contributed by atoms with Crippen LogP contribution in [-0.2, 0) is 11.8 Å². The van der Waals surface area contributed by atoms with E-state index in [0.29, 0.717) is 0 Å². The summed E-state index contributed by atoms with van der Waals surface area (Å²) in [6.45, 7) is 1.78. The number of aryl methyl sites for hydroxylation is 1. The van der Waals surface area contributed by atoms with Crippen LogP contribution in [-0.4, -0.2) is 33.8 Å². The second-order valence-electron chi connectivity index (χ2n) is 5.38. The van der Waals surface area contributed by atoms with Crippen molar-refractivity contribution in [3.8, 4) is 11.4 Å². The molecule has 0 aliphatic carbocycles. The number of nitrogens with zero attached hydrogens (tertiary/aromatic N) is 3. The lowest BCUT2D eigenvalue weighted by molar-refractivity contribution is -0.120. The summed E-state index contributed by atoms with van der Waals surface area (Å²) < 4.78 is 1.86. The van der Waals surface area contributed by atoms with E-state index in [0.717, 1.165) is 43.0 Å². The molecular weight excluding hydrogens is 266 g/mol. The van der Waals surface area contributed by atoms with E-state index in [4.69, 9.17) is 0 Å². The van der Waals surface area contributed by atoms with Crippen LogP contribution in [0.25, 0.3) is 11.4 Å². The van der Waals surface area contributed by atoms with Gasteiger partial charge in [0.1, 0.15) is 6.33 Å². The van der Waals surface area contributed by atoms with Crippen LogP contribution < -0.4 is 10.6 Å². The van der Waals surface area contributed by atoms with Crippen molar-refractivity contribution in [3.05, 3.63) is 30.6 Å². The molecule has 21 heavy (non-hydrogen) atoms. The Kier molecular flexibility index (Phi) is 3.96. The summed E-state index contributed by atoms with van der Waals surface area (Å²) in [7, 11) is 1.90. The molecule has 1 saturated heterocycles. The topological polar surface area (TPSA) is 71.8 Å². The lowest BCUT2D eigenvalue weighted by Crippen LogP contribution is -2.37. The molecular formula is C15H19N5O. The Morgan fingerprint density at radius 3 is 2.81 bits per heavy atom. The number of piperidine rings is 1. The quantitative estimate of drug-likeness (QED) is 0.894. The maximum atomic E-state index is 12.2. The van der Waals surface area contributed by atoms with Crippen LogP contribution in [0.3, 0.4) is 0 Å². The molecule has 110 valence electrons. The van der Waals surface area contributed by atoms with Crippen molar-refractivity contribution in [2.24, 2.45) is 13.0 Å². The second kappa shape index (κ2) is 6.05. The summed E-state index contributed by atoms with van der Waals surface area (Å²) in [6, 6.07) is 7.69. The summed E-state index contributed by atoms with van der Waals surface area (Å²) in [6.07, 6.45) is 3.68. The number of aromatic nitrogens is 3. The SMILES string of the molecule is Cn1cnnc1-c1ccc(NC(=O)[C@H]2CCCNC2)cc1. The maximum absolute atomic E-state index is 12.2. The molecule has 3 rings (SSSR count). The molecule has 0 spiro atoms. The predicted molar refractivity (Wildman–Crippen MR) is 80.7 cm³/mol. The maximum Gasteiger partial charge on any atom is 0.228 e. The van der Waals surface area contributed by atoms with Gasteiger partial charge in [0.05, 0.1) is 5.92 Å². The number of hydrogen-bond acceptors (Lipinski definition) is 4. The van der Waals surface area contributed by atoms with Crippen molar-refractivity contribution in [2.75, 3.05) is 18.4 Å². The Labute approximate surface area is 123 Å². The third-order valence-corrected chi connectivity index (χ3v) is 3.79. The largest absolute Gasteiger partial charge is 0.326 e. The van der Waals surface area contributed by atoms with Crippen molar-refractivity contribution in [1.29, 1.82) is 0 Å². The molecule has 6 nitrogen and oxygen atoms in total. The number of nitrogens with one attached hydrogen (secondary N) is 2. The molecule has 2 aromatic rings. The van der Waals surface area contributed by atoms with Crippen molar-refractivity contribution >= 4 is 11.6 Å². The zero-order chi connectivity index (χ0) is 14.7. The molecule has 1 atom stereocenters. The van der Waals surface area contributed by atoms with Crippen LogP contribution in [0, 0.1) is 5.92 Å². The molecule has 6 heteroatoms. The summed E-state index contributed by atoms with van der Waals surface area (Å²) in [5, 5.41) is 14.2. The van der Waals surface area contributed by atoms with Crippen LogP contribution in [0.2, 0.25) is 0 Å². The first-order valence-electron chi connectivity index (χ1n) is 7.20. The third-order valence-electron chi connectivity index (χ3n) is 3.79. The number of benzene rings is 1. The van der Waals surface area contributed by atoms with Crippen molar-refractivity contribution in [1.82, 2.24) is 20.1 Å². The Balaban J connectivity index is 1.67. The highest BCUT2D eigenvalue weighted by molar-refractivity contribution is 5.93. The standard InChI is InChI=1S/C15H19N5O/c1-20-10-17-19-14(20)11-4-6-13(7-5-11)18-15(21)12-3-2-8-16-9-12/h4-7,10,12,16H,2-3,8-9H2,1H3,(H,18,21)/t12-/m0/s1. The second-order valence-corrected chi connectivity index (χ2v) is 5.38. The van der Waals surface area contributed by atoms with Crippen LogP contribution in [0.1, 0.15) is 12.8 Å². The molecule has 1 fully saturated rings. The van der Waals surface area contributed by atoms with Gasteiger partial charge in [0, 0.05) is 24.8 Å². The monoisotopic (exact) mass is 285 g/mol. The zero-order valence-electron chi connectivity index (χ0n) is 12.0. The number of carbonyl (C=O) groups excluding carboxylic acids is 1. The minimum atomic E-state index is 0.0668. The Bertz CT molecular complexity index is 613. The Morgan fingerprint density at radius 1 is 1.38 bits per heavy atom. The fourth-order valence-electron chi connectivity index (χ4n) is 2.57. The fourth-order valence-corrected chi connectivity index (χ4v) is 2.57. The minimum Gasteiger partial charge on any atom is -0.326 e. The molecule has 1 aromatic carbocycles. The average Bonchev–Trinajstić information content (AvgIpc) is 2.95. The van der Waals surface area contributed by atoms with Gasteiger partial charge in [-0.1, -0.05) is 0 Å². The normalized spacial score (nSPS) is 18.4. The van der Waals surface area contributed by atoms with Crippen molar-refractivity contribution in [3.63, 3.8) is 0 Å². The van der Waals surface area contributed by atoms with Gasteiger partial charge in [-0.25, -0.2) is 0 Å². The molecule has 0 bridgehead atoms. The van der Waals surface area contributed by atoms with E-state index < -0.39 is 0 Å². The van der Waals surface area contributed by atoms with Crippen molar-refractivity contribution in [2.45, 2.75) is 12.8 Å². The fraction of sp³-hybridized carbons (Fsp3) is 0.400. The van der Waals surface area contributed by atoms with Gasteiger partial charge < -0.3 is 15.2 Å². The van der Waals surface area contributed by atoms with Crippen LogP contribution >= 0.6 is 0 Å². The summed E-state index contributed by atoms with van der Waals surface area (Å²) >= 11 is 0. The van der Waals surface area contributed by atoms with Gasteiger partial charge in [0.25, 0.3) is 0 Å². The molecule has 2 N–H and O–H groups in total. The molecule has 0 radical (unpaired) electrons. The number of rotatable bonds is 3. The number of carbonyl (C=O) groups is 1. The smallest absolute Gasteiger partial charge is 0.228 e. The highest BCUT2D eigenvalue weighted by atomic mass is 16.1. The lowest BCUT2D eigenvalue weighted by Gasteiger charge is -2.21. The van der Waals surface area contributed by atoms with Crippen LogP contribution in [0.5, 0.6) is 0 Å². The molecule has 2 heterocycles. The molecule has 0 unspecified atom stereocenters. The third kappa shape index (κ3) is 3.11. The highest BCUT2D eigenvalue weighted by Gasteiger charge is 2.20. The Hall–Kier alpha value is -2.21. The number of hydrogen-bond donors (Lipinski definition) is 2. The van der Waals surface area contributed by atoms with E-state index in [9.17, 15) is 4.79 Å². The van der Waals surface area contributed by atoms with Gasteiger partial charge in [-0.2, -0.15) is 0 Å². The van der Waals surface area contributed by atoms with E-state index in [1.807, 2.05) is 35.9 Å². The number of amides is 1.